The van der Waals surface area contributed by atoms with Crippen molar-refractivity contribution in [1.29, 1.82) is 0 Å². The smallest absolute Gasteiger partial charge is 0.220 e. The molecule has 12 N–H and O–H groups in total. The largest absolute Gasteiger partial charge is 0.394 e. The molecule has 3 heterocycles. The first-order valence-corrected chi connectivity index (χ1v) is 30.0. The van der Waals surface area contributed by atoms with Crippen molar-refractivity contribution in [1.82, 2.24) is 5.32 Å². The molecule has 0 saturated carbocycles. The normalized spacial score (nSPS) is 30.7. The number of ether oxygens (including phenoxy) is 6. The van der Waals surface area contributed by atoms with Crippen molar-refractivity contribution in [2.75, 3.05) is 26.4 Å². The predicted octanol–water partition coefficient (Wildman–Crippen LogP) is 5.26. The minimum absolute atomic E-state index is 0.120. The molecule has 0 aromatic carbocycles. The fourth-order valence-electron chi connectivity index (χ4n) is 9.91. The van der Waals surface area contributed by atoms with Crippen LogP contribution < -0.4 is 5.32 Å². The summed E-state index contributed by atoms with van der Waals surface area (Å²) in [6.45, 7) is 1.54. The van der Waals surface area contributed by atoms with Gasteiger partial charge in [0.05, 0.1) is 38.6 Å². The molecule has 458 valence electrons. The zero-order chi connectivity index (χ0) is 57.6. The Morgan fingerprint density at radius 3 is 1.34 bits per heavy atom. The van der Waals surface area contributed by atoms with Crippen molar-refractivity contribution in [2.24, 2.45) is 0 Å². The number of unbranched alkanes of at least 4 members (excludes halogenated alkanes) is 19. The first-order valence-electron chi connectivity index (χ1n) is 30.0. The van der Waals surface area contributed by atoms with Gasteiger partial charge in [0.25, 0.3) is 0 Å². The molecule has 17 unspecified atom stereocenters. The summed E-state index contributed by atoms with van der Waals surface area (Å²) in [6.07, 6.45) is 22.3. The lowest BCUT2D eigenvalue weighted by Gasteiger charge is -2.48. The monoisotopic (exact) mass is 1130 g/mol. The number of hydrogen-bond donors (Lipinski definition) is 12. The lowest BCUT2D eigenvalue weighted by Crippen LogP contribution is -2.66. The Labute approximate surface area is 471 Å². The Balaban J connectivity index is 1.51. The molecule has 3 aliphatic heterocycles. The van der Waals surface area contributed by atoms with Gasteiger partial charge in [-0.3, -0.25) is 4.79 Å². The molecule has 3 saturated heterocycles. The summed E-state index contributed by atoms with van der Waals surface area (Å²) in [5.74, 6) is -0.357. The molecule has 0 aliphatic carbocycles. The molecule has 0 radical (unpaired) electrons. The van der Waals surface area contributed by atoms with E-state index in [9.17, 15) is 61.0 Å². The quantitative estimate of drug-likeness (QED) is 0.0274. The molecule has 19 heteroatoms. The third-order valence-corrected chi connectivity index (χ3v) is 14.8. The highest BCUT2D eigenvalue weighted by molar-refractivity contribution is 5.76. The lowest BCUT2D eigenvalue weighted by molar-refractivity contribution is -0.379. The summed E-state index contributed by atoms with van der Waals surface area (Å²) >= 11 is 0. The molecular weight excluding hydrogens is 1020 g/mol. The van der Waals surface area contributed by atoms with Gasteiger partial charge in [0.15, 0.2) is 18.9 Å². The van der Waals surface area contributed by atoms with Crippen LogP contribution in [-0.2, 0) is 33.2 Å². The van der Waals surface area contributed by atoms with E-state index in [4.69, 9.17) is 28.4 Å². The maximum Gasteiger partial charge on any atom is 0.220 e. The number of hydrogen-bond acceptors (Lipinski definition) is 18. The lowest BCUT2D eigenvalue weighted by atomic mass is 9.96. The minimum Gasteiger partial charge on any atom is -0.394 e. The van der Waals surface area contributed by atoms with Crippen LogP contribution in [0.3, 0.4) is 0 Å². The summed E-state index contributed by atoms with van der Waals surface area (Å²) in [4.78, 5) is 13.2. The highest BCUT2D eigenvalue weighted by atomic mass is 16.8. The van der Waals surface area contributed by atoms with Gasteiger partial charge in [-0.2, -0.15) is 0 Å². The maximum absolute atomic E-state index is 13.2. The fourth-order valence-corrected chi connectivity index (χ4v) is 9.91. The molecule has 3 rings (SSSR count). The molecule has 3 aliphatic rings. The van der Waals surface area contributed by atoms with Gasteiger partial charge in [0, 0.05) is 6.42 Å². The van der Waals surface area contributed by atoms with Crippen LogP contribution >= 0.6 is 0 Å². The van der Waals surface area contributed by atoms with Gasteiger partial charge < -0.3 is 89.9 Å². The first-order chi connectivity index (χ1) is 38.3. The second kappa shape index (κ2) is 43.2. The summed E-state index contributed by atoms with van der Waals surface area (Å²) in [5.41, 5.74) is 0. The van der Waals surface area contributed by atoms with Crippen molar-refractivity contribution in [3.05, 3.63) is 60.8 Å². The zero-order valence-corrected chi connectivity index (χ0v) is 47.6. The first kappa shape index (κ1) is 70.8. The van der Waals surface area contributed by atoms with Crippen LogP contribution in [0.25, 0.3) is 0 Å². The Bertz CT molecular complexity index is 1680. The van der Waals surface area contributed by atoms with Crippen LogP contribution in [0.1, 0.15) is 181 Å². The Morgan fingerprint density at radius 2 is 0.873 bits per heavy atom. The van der Waals surface area contributed by atoms with Crippen molar-refractivity contribution in [2.45, 2.75) is 285 Å². The van der Waals surface area contributed by atoms with Crippen molar-refractivity contribution >= 4 is 5.91 Å². The van der Waals surface area contributed by atoms with Gasteiger partial charge in [-0.1, -0.05) is 190 Å². The van der Waals surface area contributed by atoms with Gasteiger partial charge in [-0.05, 0) is 44.9 Å². The van der Waals surface area contributed by atoms with Crippen LogP contribution in [-0.4, -0.2) is 193 Å². The highest BCUT2D eigenvalue weighted by Gasteiger charge is 2.53. The molecule has 79 heavy (non-hydrogen) atoms. The summed E-state index contributed by atoms with van der Waals surface area (Å²) < 4.78 is 34.2. The minimum atomic E-state index is -1.99. The maximum atomic E-state index is 13.2. The summed E-state index contributed by atoms with van der Waals surface area (Å²) in [7, 11) is 0. The van der Waals surface area contributed by atoms with Gasteiger partial charge in [0.2, 0.25) is 5.91 Å². The van der Waals surface area contributed by atoms with Gasteiger partial charge in [0.1, 0.15) is 73.2 Å². The number of allylic oxidation sites excluding steroid dienone is 9. The number of amides is 1. The molecule has 0 spiro atoms. The van der Waals surface area contributed by atoms with E-state index in [1.807, 2.05) is 18.2 Å². The SMILES string of the molecule is CC/C=C\C/C=C\C/C=C\C/C=C\CCC(=O)NC(COC1OC(CO)C(OC2OC(CO)C(OC3OC(CO)C(O)C(O)C3O)C(O)C2O)C(O)C1O)C(O)/C=C/CCCCCCCCCCCCCCCCCCCCC. The van der Waals surface area contributed by atoms with Crippen LogP contribution in [0.4, 0.5) is 0 Å². The second-order valence-electron chi connectivity index (χ2n) is 21.4. The topological polar surface area (TPSA) is 307 Å². The molecule has 1 amide bonds. The average molecular weight is 1130 g/mol. The van der Waals surface area contributed by atoms with E-state index in [1.54, 1.807) is 6.08 Å². The van der Waals surface area contributed by atoms with E-state index in [-0.39, 0.29) is 18.9 Å². The predicted molar refractivity (Wildman–Crippen MR) is 300 cm³/mol. The van der Waals surface area contributed by atoms with Gasteiger partial charge in [-0.15, -0.1) is 0 Å². The van der Waals surface area contributed by atoms with Crippen LogP contribution in [0.5, 0.6) is 0 Å². The molecule has 0 aromatic heterocycles. The van der Waals surface area contributed by atoms with E-state index in [0.717, 1.165) is 44.9 Å². The number of carbonyl (C=O) groups is 1. The highest BCUT2D eigenvalue weighted by Crippen LogP contribution is 2.33. The van der Waals surface area contributed by atoms with E-state index >= 15 is 0 Å². The molecule has 3 fully saturated rings. The van der Waals surface area contributed by atoms with Crippen LogP contribution in [0.15, 0.2) is 60.8 Å². The van der Waals surface area contributed by atoms with E-state index in [1.165, 1.54) is 103 Å². The van der Waals surface area contributed by atoms with Crippen molar-refractivity contribution in [3.63, 3.8) is 0 Å². The van der Waals surface area contributed by atoms with Gasteiger partial charge in [-0.25, -0.2) is 0 Å². The van der Waals surface area contributed by atoms with E-state index < -0.39 is 124 Å². The number of carbonyl (C=O) groups excluding carboxylic acids is 1. The third-order valence-electron chi connectivity index (χ3n) is 14.8. The number of aliphatic hydroxyl groups is 11. The van der Waals surface area contributed by atoms with Gasteiger partial charge >= 0.3 is 0 Å². The summed E-state index contributed by atoms with van der Waals surface area (Å²) in [5, 5.41) is 120. The molecular formula is C60H105NO18. The molecule has 17 atom stereocenters. The van der Waals surface area contributed by atoms with Crippen molar-refractivity contribution < 1.29 is 89.4 Å². The van der Waals surface area contributed by atoms with E-state index in [2.05, 4.69) is 55.6 Å². The number of nitrogens with one attached hydrogen (secondary N) is 1. The van der Waals surface area contributed by atoms with Crippen molar-refractivity contribution in [3.8, 4) is 0 Å². The average Bonchev–Trinajstić information content (AvgIpc) is 3.55. The van der Waals surface area contributed by atoms with Crippen LogP contribution in [0, 0.1) is 0 Å². The molecule has 19 nitrogen and oxygen atoms in total. The molecule has 0 aromatic rings. The van der Waals surface area contributed by atoms with Crippen LogP contribution in [0.2, 0.25) is 0 Å². The zero-order valence-electron chi connectivity index (χ0n) is 47.6. The Kier molecular flexibility index (Phi) is 38.7. The Hall–Kier alpha value is -2.51. The third kappa shape index (κ3) is 27.2. The number of aliphatic hydroxyl groups excluding tert-OH is 11. The Morgan fingerprint density at radius 1 is 0.468 bits per heavy atom. The molecule has 0 bridgehead atoms. The fraction of sp³-hybridized carbons (Fsp3) is 0.817. The summed E-state index contributed by atoms with van der Waals surface area (Å²) in [6, 6.07) is -1.01. The standard InChI is InChI=1S/C60H105NO18/c1-3-5-7-9-11-13-15-17-18-19-20-21-22-23-24-26-27-29-31-33-35-37-44(65)43(61-48(66)38-36-34-32-30-28-25-16-14-12-10-8-6-4-2)42-74-58-54(72)51(69)56(46(40-63)76-58)79-60-55(73)52(70)57(47(41-64)77-60)78-59-53(71)50(68)49(67)45(39-62)75-59/h6,8,12,14,25,28,32,34-35,37,43-47,49-60,62-65,67-73H,3-5,7,9-11,13,15-24,26-27,29-31,33,36,38-42H2,1-2H3,(H,61,66)/b8-6-,14-12-,28-25-,34-32-,37-35+. The second-order valence-corrected chi connectivity index (χ2v) is 21.4. The number of rotatable bonds is 43. The van der Waals surface area contributed by atoms with E-state index in [0.29, 0.717) is 12.8 Å².